The van der Waals surface area contributed by atoms with Crippen molar-refractivity contribution >= 4 is 22.5 Å². The van der Waals surface area contributed by atoms with Crippen molar-refractivity contribution in [2.75, 3.05) is 25.6 Å². The van der Waals surface area contributed by atoms with Crippen molar-refractivity contribution < 1.29 is 4.74 Å². The minimum absolute atomic E-state index is 0.149. The van der Waals surface area contributed by atoms with Gasteiger partial charge in [-0.25, -0.2) is 0 Å². The molecule has 1 atom stereocenters. The van der Waals surface area contributed by atoms with Crippen LogP contribution in [0.2, 0.25) is 0 Å². The van der Waals surface area contributed by atoms with E-state index >= 15 is 0 Å². The fraction of sp³-hybridized carbons (Fsp3) is 0.400. The number of ether oxygens (including phenoxy) is 1. The van der Waals surface area contributed by atoms with Gasteiger partial charge in [-0.15, -0.1) is 11.6 Å². The van der Waals surface area contributed by atoms with E-state index in [9.17, 15) is 0 Å². The zero-order chi connectivity index (χ0) is 13.1. The number of benzene rings is 1. The molecule has 1 fully saturated rings. The SMILES string of the molecule is ClCC1CN(Cc2ccc3ccccc3n2)CCO1. The van der Waals surface area contributed by atoms with Crippen LogP contribution in [-0.2, 0) is 11.3 Å². The maximum Gasteiger partial charge on any atom is 0.0837 e. The minimum atomic E-state index is 0.149. The summed E-state index contributed by atoms with van der Waals surface area (Å²) in [7, 11) is 0. The molecule has 0 bridgehead atoms. The lowest BCUT2D eigenvalue weighted by molar-refractivity contribution is -0.0197. The quantitative estimate of drug-likeness (QED) is 0.806. The van der Waals surface area contributed by atoms with Gasteiger partial charge in [-0.1, -0.05) is 24.3 Å². The van der Waals surface area contributed by atoms with Gasteiger partial charge in [0.2, 0.25) is 0 Å². The van der Waals surface area contributed by atoms with E-state index in [-0.39, 0.29) is 6.10 Å². The first-order chi connectivity index (χ1) is 9.35. The molecule has 1 aliphatic rings. The highest BCUT2D eigenvalue weighted by molar-refractivity contribution is 6.18. The molecule has 4 heteroatoms. The number of fused-ring (bicyclic) bond motifs is 1. The molecule has 0 saturated carbocycles. The zero-order valence-corrected chi connectivity index (χ0v) is 11.5. The van der Waals surface area contributed by atoms with Gasteiger partial charge >= 0.3 is 0 Å². The Balaban J connectivity index is 1.74. The molecule has 1 unspecified atom stereocenters. The van der Waals surface area contributed by atoms with Crippen LogP contribution in [0.5, 0.6) is 0 Å². The second-order valence-electron chi connectivity index (χ2n) is 4.88. The monoisotopic (exact) mass is 276 g/mol. The number of hydrogen-bond donors (Lipinski definition) is 0. The molecular formula is C15H17ClN2O. The maximum absolute atomic E-state index is 5.86. The average Bonchev–Trinajstić information content (AvgIpc) is 2.47. The van der Waals surface area contributed by atoms with Crippen LogP contribution in [0.3, 0.4) is 0 Å². The van der Waals surface area contributed by atoms with Crippen LogP contribution >= 0.6 is 11.6 Å². The second kappa shape index (κ2) is 5.87. The second-order valence-corrected chi connectivity index (χ2v) is 5.19. The molecule has 19 heavy (non-hydrogen) atoms. The average molecular weight is 277 g/mol. The van der Waals surface area contributed by atoms with Gasteiger partial charge in [0.15, 0.2) is 0 Å². The minimum Gasteiger partial charge on any atom is -0.374 e. The van der Waals surface area contributed by atoms with E-state index in [0.717, 1.165) is 37.5 Å². The number of nitrogens with zero attached hydrogens (tertiary/aromatic N) is 2. The fourth-order valence-electron chi connectivity index (χ4n) is 2.44. The molecule has 1 saturated heterocycles. The number of alkyl halides is 1. The Labute approximate surface area is 118 Å². The molecule has 1 aromatic heterocycles. The molecular weight excluding hydrogens is 260 g/mol. The van der Waals surface area contributed by atoms with Crippen molar-refractivity contribution in [3.05, 3.63) is 42.1 Å². The van der Waals surface area contributed by atoms with Crippen LogP contribution in [-0.4, -0.2) is 41.6 Å². The number of pyridine rings is 1. The summed E-state index contributed by atoms with van der Waals surface area (Å²) in [4.78, 5) is 7.06. The number of halogens is 1. The smallest absolute Gasteiger partial charge is 0.0837 e. The Morgan fingerprint density at radius 3 is 3.05 bits per heavy atom. The fourth-order valence-corrected chi connectivity index (χ4v) is 2.63. The summed E-state index contributed by atoms with van der Waals surface area (Å²) in [5.74, 6) is 0.557. The normalized spacial score (nSPS) is 20.8. The standard InChI is InChI=1S/C15H17ClN2O/c16-9-14-11-18(7-8-19-14)10-13-6-5-12-3-1-2-4-15(12)17-13/h1-6,14H,7-11H2. The number of rotatable bonds is 3. The molecule has 1 aromatic carbocycles. The van der Waals surface area contributed by atoms with Crippen LogP contribution in [0.1, 0.15) is 5.69 Å². The Kier molecular flexibility index (Phi) is 3.97. The maximum atomic E-state index is 5.86. The summed E-state index contributed by atoms with van der Waals surface area (Å²) in [5.41, 5.74) is 2.16. The van der Waals surface area contributed by atoms with Crippen LogP contribution in [0.25, 0.3) is 10.9 Å². The van der Waals surface area contributed by atoms with Crippen LogP contribution < -0.4 is 0 Å². The third kappa shape index (κ3) is 3.06. The van der Waals surface area contributed by atoms with Gasteiger partial charge < -0.3 is 4.74 Å². The van der Waals surface area contributed by atoms with Gasteiger partial charge in [-0.3, -0.25) is 9.88 Å². The number of hydrogen-bond acceptors (Lipinski definition) is 3. The highest BCUT2D eigenvalue weighted by atomic mass is 35.5. The predicted octanol–water partition coefficient (Wildman–Crippen LogP) is 2.67. The lowest BCUT2D eigenvalue weighted by atomic mass is 10.2. The van der Waals surface area contributed by atoms with Gasteiger partial charge in [0.05, 0.1) is 23.9 Å². The van der Waals surface area contributed by atoms with Crippen LogP contribution in [0.4, 0.5) is 0 Å². The zero-order valence-electron chi connectivity index (χ0n) is 10.8. The molecule has 0 spiro atoms. The third-order valence-electron chi connectivity index (χ3n) is 3.44. The Bertz CT molecular complexity index is 561. The van der Waals surface area contributed by atoms with E-state index in [2.05, 4.69) is 29.2 Å². The summed E-state index contributed by atoms with van der Waals surface area (Å²) in [6.45, 7) is 3.45. The molecule has 2 heterocycles. The summed E-state index contributed by atoms with van der Waals surface area (Å²) in [6, 6.07) is 12.4. The van der Waals surface area contributed by atoms with Crippen molar-refractivity contribution in [3.63, 3.8) is 0 Å². The van der Waals surface area contributed by atoms with E-state index in [0.29, 0.717) is 5.88 Å². The molecule has 3 nitrogen and oxygen atoms in total. The van der Waals surface area contributed by atoms with Crippen molar-refractivity contribution in [2.24, 2.45) is 0 Å². The van der Waals surface area contributed by atoms with E-state index < -0.39 is 0 Å². The largest absolute Gasteiger partial charge is 0.374 e. The van der Waals surface area contributed by atoms with E-state index in [4.69, 9.17) is 21.3 Å². The van der Waals surface area contributed by atoms with Gasteiger partial charge in [0.1, 0.15) is 0 Å². The Hall–Kier alpha value is -1.16. The lowest BCUT2D eigenvalue weighted by Gasteiger charge is -2.31. The van der Waals surface area contributed by atoms with Gasteiger partial charge in [0.25, 0.3) is 0 Å². The summed E-state index contributed by atoms with van der Waals surface area (Å²) in [5, 5.41) is 1.19. The number of para-hydroxylation sites is 1. The summed E-state index contributed by atoms with van der Waals surface area (Å²) < 4.78 is 5.57. The van der Waals surface area contributed by atoms with E-state index in [1.807, 2.05) is 12.1 Å². The lowest BCUT2D eigenvalue weighted by Crippen LogP contribution is -2.42. The molecule has 2 aromatic rings. The van der Waals surface area contributed by atoms with Gasteiger partial charge in [-0.05, 0) is 12.1 Å². The molecule has 0 N–H and O–H groups in total. The van der Waals surface area contributed by atoms with Crippen LogP contribution in [0, 0.1) is 0 Å². The predicted molar refractivity (Wildman–Crippen MR) is 77.5 cm³/mol. The molecule has 0 aliphatic carbocycles. The molecule has 0 radical (unpaired) electrons. The van der Waals surface area contributed by atoms with Crippen molar-refractivity contribution in [1.82, 2.24) is 9.88 Å². The van der Waals surface area contributed by atoms with Crippen molar-refractivity contribution in [2.45, 2.75) is 12.6 Å². The molecule has 1 aliphatic heterocycles. The van der Waals surface area contributed by atoms with Crippen molar-refractivity contribution in [1.29, 1.82) is 0 Å². The van der Waals surface area contributed by atoms with Gasteiger partial charge in [0, 0.05) is 30.9 Å². The molecule has 0 amide bonds. The van der Waals surface area contributed by atoms with Crippen LogP contribution in [0.15, 0.2) is 36.4 Å². The first-order valence-corrected chi connectivity index (χ1v) is 7.13. The Morgan fingerprint density at radius 1 is 1.26 bits per heavy atom. The van der Waals surface area contributed by atoms with E-state index in [1.54, 1.807) is 0 Å². The highest BCUT2D eigenvalue weighted by Gasteiger charge is 2.19. The highest BCUT2D eigenvalue weighted by Crippen LogP contribution is 2.14. The summed E-state index contributed by atoms with van der Waals surface area (Å²) in [6.07, 6.45) is 0.149. The first kappa shape index (κ1) is 12.9. The van der Waals surface area contributed by atoms with Crippen molar-refractivity contribution in [3.8, 4) is 0 Å². The third-order valence-corrected chi connectivity index (χ3v) is 3.78. The molecule has 100 valence electrons. The topological polar surface area (TPSA) is 25.4 Å². The Morgan fingerprint density at radius 2 is 2.16 bits per heavy atom. The number of morpholine rings is 1. The number of aromatic nitrogens is 1. The van der Waals surface area contributed by atoms with E-state index in [1.165, 1.54) is 5.39 Å². The first-order valence-electron chi connectivity index (χ1n) is 6.60. The molecule has 3 rings (SSSR count). The van der Waals surface area contributed by atoms with Gasteiger partial charge in [-0.2, -0.15) is 0 Å². The summed E-state index contributed by atoms with van der Waals surface area (Å²) >= 11 is 5.86.